The van der Waals surface area contributed by atoms with E-state index < -0.39 is 11.5 Å². The first kappa shape index (κ1) is 15.7. The van der Waals surface area contributed by atoms with Crippen molar-refractivity contribution in [1.29, 1.82) is 0 Å². The summed E-state index contributed by atoms with van der Waals surface area (Å²) in [6.45, 7) is 8.67. The summed E-state index contributed by atoms with van der Waals surface area (Å²) in [6, 6.07) is 0. The van der Waals surface area contributed by atoms with E-state index >= 15 is 0 Å². The summed E-state index contributed by atoms with van der Waals surface area (Å²) >= 11 is 0. The zero-order chi connectivity index (χ0) is 14.6. The highest BCUT2D eigenvalue weighted by Crippen LogP contribution is 2.29. The number of carboxylic acid groups (broad SMARTS) is 1. The second-order valence-corrected chi connectivity index (χ2v) is 6.50. The van der Waals surface area contributed by atoms with Gasteiger partial charge in [-0.2, -0.15) is 0 Å². The van der Waals surface area contributed by atoms with Gasteiger partial charge in [-0.25, -0.2) is 0 Å². The van der Waals surface area contributed by atoms with E-state index in [1.54, 1.807) is 0 Å². The van der Waals surface area contributed by atoms with Crippen molar-refractivity contribution in [1.82, 2.24) is 9.80 Å². The third-order valence-electron chi connectivity index (χ3n) is 4.83. The lowest BCUT2D eigenvalue weighted by atomic mass is 9.92. The highest BCUT2D eigenvalue weighted by atomic mass is 16.4. The largest absolute Gasteiger partial charge is 0.480 e. The third-order valence-corrected chi connectivity index (χ3v) is 4.83. The normalized spacial score (nSPS) is 24.5. The van der Waals surface area contributed by atoms with Gasteiger partial charge < -0.3 is 20.6 Å². The first-order valence-electron chi connectivity index (χ1n) is 8.00. The van der Waals surface area contributed by atoms with Crippen LogP contribution in [-0.2, 0) is 4.79 Å². The molecule has 1 atom stereocenters. The summed E-state index contributed by atoms with van der Waals surface area (Å²) < 4.78 is 0. The molecule has 116 valence electrons. The molecule has 0 bridgehead atoms. The molecule has 1 unspecified atom stereocenters. The Morgan fingerprint density at radius 3 is 2.35 bits per heavy atom. The predicted octanol–water partition coefficient (Wildman–Crippen LogP) is 0.986. The fraction of sp³-hybridized carbons (Fsp3) is 0.933. The van der Waals surface area contributed by atoms with E-state index in [1.165, 1.54) is 19.4 Å². The van der Waals surface area contributed by atoms with Crippen molar-refractivity contribution in [2.45, 2.75) is 44.6 Å². The van der Waals surface area contributed by atoms with Gasteiger partial charge in [0.05, 0.1) is 0 Å². The van der Waals surface area contributed by atoms with Gasteiger partial charge in [0.1, 0.15) is 5.54 Å². The lowest BCUT2D eigenvalue weighted by Gasteiger charge is -2.35. The number of hydrogen-bond donors (Lipinski definition) is 2. The van der Waals surface area contributed by atoms with E-state index in [0.717, 1.165) is 45.1 Å². The zero-order valence-electron chi connectivity index (χ0n) is 12.7. The van der Waals surface area contributed by atoms with Crippen LogP contribution in [0.1, 0.15) is 39.0 Å². The second-order valence-electron chi connectivity index (χ2n) is 6.50. The van der Waals surface area contributed by atoms with Crippen LogP contribution in [-0.4, -0.2) is 65.7 Å². The Kier molecular flexibility index (Phi) is 5.41. The molecule has 5 nitrogen and oxygen atoms in total. The van der Waals surface area contributed by atoms with Crippen molar-refractivity contribution in [3.63, 3.8) is 0 Å². The van der Waals surface area contributed by atoms with Crippen molar-refractivity contribution in [3.8, 4) is 0 Å². The molecule has 1 heterocycles. The minimum atomic E-state index is -1.03. The molecule has 0 amide bonds. The van der Waals surface area contributed by atoms with E-state index in [9.17, 15) is 4.79 Å². The number of hydrogen-bond acceptors (Lipinski definition) is 4. The van der Waals surface area contributed by atoms with Crippen LogP contribution in [0.3, 0.4) is 0 Å². The van der Waals surface area contributed by atoms with Crippen LogP contribution in [0.2, 0.25) is 0 Å². The SMILES string of the molecule is CCC(N)(CCCN1CCN(CC2CC2)CC1)C(=O)O. The van der Waals surface area contributed by atoms with E-state index in [1.807, 2.05) is 6.92 Å². The molecule has 0 radical (unpaired) electrons. The molecule has 0 aromatic rings. The van der Waals surface area contributed by atoms with Crippen molar-refractivity contribution in [3.05, 3.63) is 0 Å². The summed E-state index contributed by atoms with van der Waals surface area (Å²) in [5.74, 6) is 0.105. The van der Waals surface area contributed by atoms with Crippen molar-refractivity contribution in [2.24, 2.45) is 11.7 Å². The van der Waals surface area contributed by atoms with E-state index in [4.69, 9.17) is 10.8 Å². The smallest absolute Gasteiger partial charge is 0.323 e. The first-order valence-corrected chi connectivity index (χ1v) is 8.00. The van der Waals surface area contributed by atoms with Gasteiger partial charge >= 0.3 is 5.97 Å². The molecule has 0 spiro atoms. The van der Waals surface area contributed by atoms with E-state index in [2.05, 4.69) is 9.80 Å². The van der Waals surface area contributed by atoms with Crippen LogP contribution in [0.25, 0.3) is 0 Å². The topological polar surface area (TPSA) is 69.8 Å². The second kappa shape index (κ2) is 6.87. The van der Waals surface area contributed by atoms with Gasteiger partial charge in [-0.3, -0.25) is 4.79 Å². The van der Waals surface area contributed by atoms with Crippen LogP contribution in [0.4, 0.5) is 0 Å². The fourth-order valence-electron chi connectivity index (χ4n) is 2.91. The molecule has 0 aromatic heterocycles. The highest BCUT2D eigenvalue weighted by molar-refractivity contribution is 5.78. The van der Waals surface area contributed by atoms with Crippen LogP contribution < -0.4 is 5.73 Å². The zero-order valence-corrected chi connectivity index (χ0v) is 12.7. The molecule has 2 rings (SSSR count). The summed E-state index contributed by atoms with van der Waals surface area (Å²) in [6.07, 6.45) is 4.79. The number of nitrogens with two attached hydrogens (primary N) is 1. The van der Waals surface area contributed by atoms with Gasteiger partial charge in [0, 0.05) is 32.7 Å². The standard InChI is InChI=1S/C15H29N3O2/c1-2-15(16,14(19)20)6-3-7-17-8-10-18(11-9-17)12-13-4-5-13/h13H,2-12,16H2,1H3,(H,19,20). The molecule has 2 fully saturated rings. The Bertz CT molecular complexity index is 325. The molecule has 5 heteroatoms. The molecule has 3 N–H and O–H groups in total. The minimum Gasteiger partial charge on any atom is -0.480 e. The Morgan fingerprint density at radius 2 is 1.85 bits per heavy atom. The summed E-state index contributed by atoms with van der Waals surface area (Å²) in [5, 5.41) is 9.15. The molecule has 0 aromatic carbocycles. The lowest BCUT2D eigenvalue weighted by Crippen LogP contribution is -2.49. The Balaban J connectivity index is 1.61. The molecule has 20 heavy (non-hydrogen) atoms. The van der Waals surface area contributed by atoms with E-state index in [-0.39, 0.29) is 0 Å². The van der Waals surface area contributed by atoms with Gasteiger partial charge in [0.2, 0.25) is 0 Å². The van der Waals surface area contributed by atoms with Gasteiger partial charge in [-0.1, -0.05) is 6.92 Å². The average Bonchev–Trinajstić information content (AvgIpc) is 3.24. The molecular weight excluding hydrogens is 254 g/mol. The molecule has 1 aliphatic heterocycles. The van der Waals surface area contributed by atoms with Crippen molar-refractivity contribution >= 4 is 5.97 Å². The molecule has 1 saturated heterocycles. The van der Waals surface area contributed by atoms with Crippen molar-refractivity contribution < 1.29 is 9.90 Å². The number of rotatable bonds is 8. The summed E-state index contributed by atoms with van der Waals surface area (Å²) in [7, 11) is 0. The van der Waals surface area contributed by atoms with Gasteiger partial charge in [-0.15, -0.1) is 0 Å². The third kappa shape index (κ3) is 4.43. The van der Waals surface area contributed by atoms with Gasteiger partial charge in [-0.05, 0) is 44.6 Å². The van der Waals surface area contributed by atoms with Crippen molar-refractivity contribution in [2.75, 3.05) is 39.3 Å². The number of carbonyl (C=O) groups is 1. The molecule has 1 saturated carbocycles. The number of carboxylic acids is 1. The Morgan fingerprint density at radius 1 is 1.25 bits per heavy atom. The maximum absolute atomic E-state index is 11.1. The number of aliphatic carboxylic acids is 1. The Labute approximate surface area is 122 Å². The van der Waals surface area contributed by atoms with Crippen LogP contribution >= 0.6 is 0 Å². The Hall–Kier alpha value is -0.650. The van der Waals surface area contributed by atoms with E-state index in [0.29, 0.717) is 12.8 Å². The fourth-order valence-corrected chi connectivity index (χ4v) is 2.91. The maximum Gasteiger partial charge on any atom is 0.323 e. The van der Waals surface area contributed by atoms with Crippen LogP contribution in [0.5, 0.6) is 0 Å². The van der Waals surface area contributed by atoms with Gasteiger partial charge in [0.15, 0.2) is 0 Å². The van der Waals surface area contributed by atoms with Crippen LogP contribution in [0.15, 0.2) is 0 Å². The lowest BCUT2D eigenvalue weighted by molar-refractivity contribution is -0.143. The van der Waals surface area contributed by atoms with Gasteiger partial charge in [0.25, 0.3) is 0 Å². The highest BCUT2D eigenvalue weighted by Gasteiger charge is 2.31. The monoisotopic (exact) mass is 283 g/mol. The molecule has 1 aliphatic carbocycles. The molecular formula is C15H29N3O2. The quantitative estimate of drug-likeness (QED) is 0.695. The number of piperazine rings is 1. The average molecular weight is 283 g/mol. The minimum absolute atomic E-state index is 0.498. The molecule has 2 aliphatic rings. The maximum atomic E-state index is 11.1. The first-order chi connectivity index (χ1) is 9.53. The number of nitrogens with zero attached hydrogens (tertiary/aromatic N) is 2. The summed E-state index contributed by atoms with van der Waals surface area (Å²) in [5.41, 5.74) is 4.88. The summed E-state index contributed by atoms with van der Waals surface area (Å²) in [4.78, 5) is 16.2. The van der Waals surface area contributed by atoms with Crippen LogP contribution in [0, 0.1) is 5.92 Å². The predicted molar refractivity (Wildman–Crippen MR) is 79.7 cm³/mol.